The number of hydrogen-bond acceptors (Lipinski definition) is 3. The predicted molar refractivity (Wildman–Crippen MR) is 82.5 cm³/mol. The first kappa shape index (κ1) is 15.9. The molecule has 0 spiro atoms. The van der Waals surface area contributed by atoms with Crippen molar-refractivity contribution in [3.05, 3.63) is 30.1 Å². The lowest BCUT2D eigenvalue weighted by molar-refractivity contribution is -0.118. The van der Waals surface area contributed by atoms with Crippen LogP contribution in [-0.2, 0) is 4.79 Å². The van der Waals surface area contributed by atoms with E-state index in [0.29, 0.717) is 24.3 Å². The van der Waals surface area contributed by atoms with E-state index in [1.165, 1.54) is 12.1 Å². The second-order valence-electron chi connectivity index (χ2n) is 5.69. The Kier molecular flexibility index (Phi) is 5.70. The molecule has 1 aliphatic rings. The van der Waals surface area contributed by atoms with Crippen LogP contribution in [0.3, 0.4) is 0 Å². The van der Waals surface area contributed by atoms with Crippen LogP contribution in [0.2, 0.25) is 0 Å². The molecule has 0 bridgehead atoms. The van der Waals surface area contributed by atoms with Gasteiger partial charge in [-0.3, -0.25) is 9.69 Å². The van der Waals surface area contributed by atoms with Crippen molar-refractivity contribution >= 4 is 11.6 Å². The molecule has 0 unspecified atom stereocenters. The third-order valence-electron chi connectivity index (χ3n) is 4.12. The first-order chi connectivity index (χ1) is 10.1. The number of benzene rings is 1. The molecule has 3 N–H and O–H groups in total. The molecule has 21 heavy (non-hydrogen) atoms. The summed E-state index contributed by atoms with van der Waals surface area (Å²) in [5.74, 6) is -0.446. The van der Waals surface area contributed by atoms with Crippen molar-refractivity contribution in [1.29, 1.82) is 0 Å². The molecule has 0 aromatic heterocycles. The van der Waals surface area contributed by atoms with Crippen molar-refractivity contribution in [2.75, 3.05) is 18.4 Å². The van der Waals surface area contributed by atoms with Crippen molar-refractivity contribution in [2.24, 2.45) is 5.73 Å². The fourth-order valence-electron chi connectivity index (χ4n) is 2.92. The van der Waals surface area contributed by atoms with Crippen molar-refractivity contribution in [2.45, 2.75) is 44.7 Å². The molecule has 4 nitrogen and oxygen atoms in total. The van der Waals surface area contributed by atoms with E-state index in [1.807, 2.05) is 0 Å². The Labute approximate surface area is 125 Å². The Balaban J connectivity index is 1.87. The van der Waals surface area contributed by atoms with E-state index in [4.69, 9.17) is 5.73 Å². The number of amides is 1. The molecule has 5 heteroatoms. The summed E-state index contributed by atoms with van der Waals surface area (Å²) in [7, 11) is 0. The quantitative estimate of drug-likeness (QED) is 0.876. The molecular formula is C16H24FN3O. The maximum absolute atomic E-state index is 13.1. The zero-order chi connectivity index (χ0) is 15.2. The van der Waals surface area contributed by atoms with Crippen LogP contribution in [0.4, 0.5) is 10.1 Å². The molecule has 0 atom stereocenters. The largest absolute Gasteiger partial charge is 0.328 e. The Bertz CT molecular complexity index is 472. The summed E-state index contributed by atoms with van der Waals surface area (Å²) in [5.41, 5.74) is 6.42. The van der Waals surface area contributed by atoms with Crippen molar-refractivity contribution in [3.63, 3.8) is 0 Å². The summed E-state index contributed by atoms with van der Waals surface area (Å²) in [6.45, 7) is 3.23. The number of anilines is 1. The SMILES string of the molecule is CCN(CC(=O)Nc1cccc(F)c1)C1CCC(N)CC1. The number of halogens is 1. The zero-order valence-electron chi connectivity index (χ0n) is 12.5. The van der Waals surface area contributed by atoms with Gasteiger partial charge in [0.1, 0.15) is 5.82 Å². The zero-order valence-corrected chi connectivity index (χ0v) is 12.5. The van der Waals surface area contributed by atoms with Crippen LogP contribution in [0.15, 0.2) is 24.3 Å². The van der Waals surface area contributed by atoms with Crippen LogP contribution in [-0.4, -0.2) is 36.0 Å². The number of carbonyl (C=O) groups is 1. The fourth-order valence-corrected chi connectivity index (χ4v) is 2.92. The molecule has 0 aliphatic heterocycles. The van der Waals surface area contributed by atoms with Crippen LogP contribution in [0.5, 0.6) is 0 Å². The lowest BCUT2D eigenvalue weighted by Crippen LogP contribution is -2.44. The number of carbonyl (C=O) groups excluding carboxylic acids is 1. The highest BCUT2D eigenvalue weighted by Crippen LogP contribution is 2.22. The summed E-state index contributed by atoms with van der Waals surface area (Å²) in [6, 6.07) is 6.70. The van der Waals surface area contributed by atoms with Gasteiger partial charge in [0.25, 0.3) is 0 Å². The van der Waals surface area contributed by atoms with Crippen molar-refractivity contribution in [3.8, 4) is 0 Å². The molecule has 0 saturated heterocycles. The van der Waals surface area contributed by atoms with Gasteiger partial charge < -0.3 is 11.1 Å². The Morgan fingerprint density at radius 1 is 1.38 bits per heavy atom. The average molecular weight is 293 g/mol. The van der Waals surface area contributed by atoms with Gasteiger partial charge in [0.15, 0.2) is 0 Å². The number of rotatable bonds is 5. The van der Waals surface area contributed by atoms with Gasteiger partial charge in [-0.25, -0.2) is 4.39 Å². The monoisotopic (exact) mass is 293 g/mol. The van der Waals surface area contributed by atoms with E-state index in [1.54, 1.807) is 12.1 Å². The maximum atomic E-state index is 13.1. The number of nitrogens with zero attached hydrogens (tertiary/aromatic N) is 1. The van der Waals surface area contributed by atoms with E-state index in [0.717, 1.165) is 32.2 Å². The first-order valence-corrected chi connectivity index (χ1v) is 7.63. The Hall–Kier alpha value is -1.46. The van der Waals surface area contributed by atoms with Gasteiger partial charge in [-0.1, -0.05) is 13.0 Å². The van der Waals surface area contributed by atoms with Gasteiger partial charge in [0, 0.05) is 17.8 Å². The molecule has 1 amide bonds. The van der Waals surface area contributed by atoms with Crippen LogP contribution < -0.4 is 11.1 Å². The minimum absolute atomic E-state index is 0.0997. The highest BCUT2D eigenvalue weighted by molar-refractivity contribution is 5.92. The normalized spacial score (nSPS) is 22.3. The first-order valence-electron chi connectivity index (χ1n) is 7.63. The average Bonchev–Trinajstić information content (AvgIpc) is 2.46. The van der Waals surface area contributed by atoms with E-state index >= 15 is 0 Å². The second kappa shape index (κ2) is 7.52. The minimum atomic E-state index is -0.346. The summed E-state index contributed by atoms with van der Waals surface area (Å²) in [5, 5.41) is 2.75. The summed E-state index contributed by atoms with van der Waals surface area (Å²) in [6.07, 6.45) is 4.13. The highest BCUT2D eigenvalue weighted by Gasteiger charge is 2.24. The smallest absolute Gasteiger partial charge is 0.238 e. The predicted octanol–water partition coefficient (Wildman–Crippen LogP) is 2.36. The van der Waals surface area contributed by atoms with E-state index in [9.17, 15) is 9.18 Å². The molecule has 1 aromatic rings. The van der Waals surface area contributed by atoms with E-state index in [-0.39, 0.29) is 11.7 Å². The number of likely N-dealkylation sites (N-methyl/N-ethyl adjacent to an activating group) is 1. The van der Waals surface area contributed by atoms with Crippen molar-refractivity contribution in [1.82, 2.24) is 4.90 Å². The van der Waals surface area contributed by atoms with Crippen LogP contribution in [0.25, 0.3) is 0 Å². The summed E-state index contributed by atoms with van der Waals surface area (Å²) in [4.78, 5) is 14.3. The molecule has 116 valence electrons. The third-order valence-corrected chi connectivity index (χ3v) is 4.12. The van der Waals surface area contributed by atoms with E-state index in [2.05, 4.69) is 17.1 Å². The van der Waals surface area contributed by atoms with Gasteiger partial charge >= 0.3 is 0 Å². The summed E-state index contributed by atoms with van der Waals surface area (Å²) < 4.78 is 13.1. The van der Waals surface area contributed by atoms with Gasteiger partial charge in [-0.05, 0) is 50.4 Å². The topological polar surface area (TPSA) is 58.4 Å². The molecule has 0 radical (unpaired) electrons. The number of nitrogens with two attached hydrogens (primary N) is 1. The van der Waals surface area contributed by atoms with Gasteiger partial charge in [-0.15, -0.1) is 0 Å². The van der Waals surface area contributed by atoms with Gasteiger partial charge in [0.05, 0.1) is 6.54 Å². The molecule has 1 saturated carbocycles. The maximum Gasteiger partial charge on any atom is 0.238 e. The van der Waals surface area contributed by atoms with E-state index < -0.39 is 0 Å². The van der Waals surface area contributed by atoms with Crippen molar-refractivity contribution < 1.29 is 9.18 Å². The van der Waals surface area contributed by atoms with Crippen LogP contribution in [0.1, 0.15) is 32.6 Å². The molecule has 2 rings (SSSR count). The Morgan fingerprint density at radius 3 is 2.71 bits per heavy atom. The minimum Gasteiger partial charge on any atom is -0.328 e. The van der Waals surface area contributed by atoms with Crippen LogP contribution in [0, 0.1) is 5.82 Å². The molecular weight excluding hydrogens is 269 g/mol. The molecule has 1 fully saturated rings. The molecule has 1 aromatic carbocycles. The van der Waals surface area contributed by atoms with Crippen LogP contribution >= 0.6 is 0 Å². The fraction of sp³-hybridized carbons (Fsp3) is 0.562. The standard InChI is InChI=1S/C16H24FN3O/c1-2-20(15-8-6-13(18)7-9-15)11-16(21)19-14-5-3-4-12(17)10-14/h3-5,10,13,15H,2,6-9,11,18H2,1H3,(H,19,21). The Morgan fingerprint density at radius 2 is 2.10 bits per heavy atom. The molecule has 1 aliphatic carbocycles. The highest BCUT2D eigenvalue weighted by atomic mass is 19.1. The lowest BCUT2D eigenvalue weighted by atomic mass is 9.91. The van der Waals surface area contributed by atoms with Gasteiger partial charge in [0.2, 0.25) is 5.91 Å². The number of hydrogen-bond donors (Lipinski definition) is 2. The third kappa shape index (κ3) is 4.79. The molecule has 0 heterocycles. The second-order valence-corrected chi connectivity index (χ2v) is 5.69. The summed E-state index contributed by atoms with van der Waals surface area (Å²) >= 11 is 0. The lowest BCUT2D eigenvalue weighted by Gasteiger charge is -2.34. The number of nitrogens with one attached hydrogen (secondary N) is 1. The van der Waals surface area contributed by atoms with Gasteiger partial charge in [-0.2, -0.15) is 0 Å².